The molecule has 0 radical (unpaired) electrons. The minimum atomic E-state index is -0.424. The fraction of sp³-hybridized carbons (Fsp3) is 0.296. The zero-order valence-corrected chi connectivity index (χ0v) is 20.7. The van der Waals surface area contributed by atoms with Crippen LogP contribution in [0.1, 0.15) is 44.9 Å². The Kier molecular flexibility index (Phi) is 8.77. The highest BCUT2D eigenvalue weighted by molar-refractivity contribution is 5.97. The smallest absolute Gasteiger partial charge is 0.270 e. The number of carbonyl (C=O) groups excluding carboxylic acids is 3. The van der Waals surface area contributed by atoms with E-state index < -0.39 is 11.8 Å². The third-order valence-corrected chi connectivity index (χ3v) is 5.98. The van der Waals surface area contributed by atoms with Gasteiger partial charge in [0.1, 0.15) is 23.5 Å². The van der Waals surface area contributed by atoms with Gasteiger partial charge >= 0.3 is 0 Å². The molecule has 1 fully saturated rings. The number of likely N-dealkylation sites (tertiary alicyclic amines) is 1. The molecule has 1 aromatic heterocycles. The molecule has 0 unspecified atom stereocenters. The van der Waals surface area contributed by atoms with Crippen molar-refractivity contribution in [1.82, 2.24) is 25.5 Å². The summed E-state index contributed by atoms with van der Waals surface area (Å²) in [5.41, 5.74) is 2.62. The molecule has 0 aliphatic carbocycles. The molecule has 0 bridgehead atoms. The van der Waals surface area contributed by atoms with Crippen molar-refractivity contribution in [2.24, 2.45) is 0 Å². The summed E-state index contributed by atoms with van der Waals surface area (Å²) in [6, 6.07) is 16.0. The van der Waals surface area contributed by atoms with Crippen LogP contribution in [-0.2, 0) is 17.9 Å². The maximum atomic E-state index is 12.6. The van der Waals surface area contributed by atoms with E-state index in [0.717, 1.165) is 37.1 Å². The second-order valence-corrected chi connectivity index (χ2v) is 8.73. The molecule has 192 valence electrons. The Morgan fingerprint density at radius 3 is 2.16 bits per heavy atom. The van der Waals surface area contributed by atoms with Crippen molar-refractivity contribution >= 4 is 23.4 Å². The van der Waals surface area contributed by atoms with E-state index in [4.69, 9.17) is 4.74 Å². The number of hydrogen-bond donors (Lipinski definition) is 3. The molecule has 37 heavy (non-hydrogen) atoms. The number of carbonyl (C=O) groups is 3. The monoisotopic (exact) mass is 502 g/mol. The normalized spacial score (nSPS) is 13.1. The molecule has 1 aliphatic heterocycles. The molecular formula is C27H30N6O4. The van der Waals surface area contributed by atoms with E-state index in [-0.39, 0.29) is 30.4 Å². The molecule has 1 saturated heterocycles. The predicted octanol–water partition coefficient (Wildman–Crippen LogP) is 2.38. The van der Waals surface area contributed by atoms with Crippen LogP contribution in [0, 0.1) is 0 Å². The van der Waals surface area contributed by atoms with Crippen molar-refractivity contribution in [2.75, 3.05) is 32.1 Å². The highest BCUT2D eigenvalue weighted by atomic mass is 16.5. The lowest BCUT2D eigenvalue weighted by atomic mass is 10.2. The van der Waals surface area contributed by atoms with Crippen molar-refractivity contribution in [2.45, 2.75) is 25.9 Å². The Hall–Kier alpha value is -4.31. The van der Waals surface area contributed by atoms with Crippen LogP contribution in [0.2, 0.25) is 0 Å². The van der Waals surface area contributed by atoms with E-state index in [1.807, 2.05) is 36.4 Å². The van der Waals surface area contributed by atoms with Gasteiger partial charge in [0.15, 0.2) is 0 Å². The van der Waals surface area contributed by atoms with Crippen LogP contribution in [-0.4, -0.2) is 59.3 Å². The first-order valence-corrected chi connectivity index (χ1v) is 12.1. The highest BCUT2D eigenvalue weighted by Gasteiger charge is 2.16. The standard InChI is InChI=1S/C27H30N6O4/c1-37-22-6-4-5-20(13-22)16-29-27(36)24-14-23(30-18-31-24)26(35)28-15-19-7-9-21(10-8-19)32-25(34)17-33-11-2-3-12-33/h4-10,13-14,18H,2-3,11-12,15-17H2,1H3,(H,28,35)(H,29,36)(H,32,34). The van der Waals surface area contributed by atoms with Gasteiger partial charge in [0, 0.05) is 24.8 Å². The van der Waals surface area contributed by atoms with E-state index in [9.17, 15) is 14.4 Å². The van der Waals surface area contributed by atoms with Gasteiger partial charge in [-0.3, -0.25) is 19.3 Å². The van der Waals surface area contributed by atoms with Gasteiger partial charge in [-0.25, -0.2) is 9.97 Å². The van der Waals surface area contributed by atoms with E-state index in [1.165, 1.54) is 12.4 Å². The van der Waals surface area contributed by atoms with E-state index >= 15 is 0 Å². The summed E-state index contributed by atoms with van der Waals surface area (Å²) in [6.45, 7) is 2.89. The van der Waals surface area contributed by atoms with Gasteiger partial charge in [-0.15, -0.1) is 0 Å². The Morgan fingerprint density at radius 2 is 1.51 bits per heavy atom. The number of nitrogens with one attached hydrogen (secondary N) is 3. The summed E-state index contributed by atoms with van der Waals surface area (Å²) in [6.07, 6.45) is 3.47. The summed E-state index contributed by atoms with van der Waals surface area (Å²) >= 11 is 0. The fourth-order valence-corrected chi connectivity index (χ4v) is 3.98. The molecule has 2 heterocycles. The van der Waals surface area contributed by atoms with E-state index in [2.05, 4.69) is 30.8 Å². The average Bonchev–Trinajstić information content (AvgIpc) is 3.44. The number of rotatable bonds is 10. The van der Waals surface area contributed by atoms with Gasteiger partial charge in [0.05, 0.1) is 13.7 Å². The lowest BCUT2D eigenvalue weighted by Gasteiger charge is -2.14. The minimum Gasteiger partial charge on any atom is -0.497 e. The van der Waals surface area contributed by atoms with Crippen LogP contribution in [0.25, 0.3) is 0 Å². The first kappa shape index (κ1) is 25.8. The van der Waals surface area contributed by atoms with Gasteiger partial charge in [0.25, 0.3) is 11.8 Å². The number of ether oxygens (including phenoxy) is 1. The molecule has 0 saturated carbocycles. The van der Waals surface area contributed by atoms with Crippen LogP contribution in [0.5, 0.6) is 5.75 Å². The van der Waals surface area contributed by atoms with E-state index in [0.29, 0.717) is 18.0 Å². The predicted molar refractivity (Wildman–Crippen MR) is 138 cm³/mol. The summed E-state index contributed by atoms with van der Waals surface area (Å²) < 4.78 is 5.19. The molecule has 2 aromatic carbocycles. The SMILES string of the molecule is COc1cccc(CNC(=O)c2cc(C(=O)NCc3ccc(NC(=O)CN4CCCC4)cc3)ncn2)c1. The Labute approximate surface area is 215 Å². The van der Waals surface area contributed by atoms with Crippen LogP contribution in [0.3, 0.4) is 0 Å². The van der Waals surface area contributed by atoms with Gasteiger partial charge in [-0.2, -0.15) is 0 Å². The van der Waals surface area contributed by atoms with Gasteiger partial charge in [-0.05, 0) is 61.3 Å². The quantitative estimate of drug-likeness (QED) is 0.389. The second kappa shape index (κ2) is 12.6. The van der Waals surface area contributed by atoms with Crippen LogP contribution < -0.4 is 20.7 Å². The largest absolute Gasteiger partial charge is 0.497 e. The topological polar surface area (TPSA) is 126 Å². The Bertz CT molecular complexity index is 1240. The molecule has 3 amide bonds. The van der Waals surface area contributed by atoms with Crippen molar-refractivity contribution in [3.63, 3.8) is 0 Å². The van der Waals surface area contributed by atoms with Gasteiger partial charge in [-0.1, -0.05) is 24.3 Å². The van der Waals surface area contributed by atoms with Crippen molar-refractivity contribution in [3.05, 3.63) is 83.4 Å². The number of amides is 3. The second-order valence-electron chi connectivity index (χ2n) is 8.73. The first-order valence-electron chi connectivity index (χ1n) is 12.1. The lowest BCUT2D eigenvalue weighted by molar-refractivity contribution is -0.117. The minimum absolute atomic E-state index is 0.0324. The first-order chi connectivity index (χ1) is 18.0. The van der Waals surface area contributed by atoms with Crippen molar-refractivity contribution in [1.29, 1.82) is 0 Å². The zero-order valence-electron chi connectivity index (χ0n) is 20.7. The summed E-state index contributed by atoms with van der Waals surface area (Å²) in [7, 11) is 1.58. The van der Waals surface area contributed by atoms with Crippen LogP contribution >= 0.6 is 0 Å². The molecule has 10 nitrogen and oxygen atoms in total. The summed E-state index contributed by atoms with van der Waals surface area (Å²) in [5, 5.41) is 8.47. The van der Waals surface area contributed by atoms with E-state index in [1.54, 1.807) is 19.2 Å². The van der Waals surface area contributed by atoms with Gasteiger partial charge < -0.3 is 20.7 Å². The number of anilines is 1. The summed E-state index contributed by atoms with van der Waals surface area (Å²) in [5.74, 6) is -0.173. The van der Waals surface area contributed by atoms with Gasteiger partial charge in [0.2, 0.25) is 5.91 Å². The Morgan fingerprint density at radius 1 is 0.865 bits per heavy atom. The molecule has 3 N–H and O–H groups in total. The zero-order chi connectivity index (χ0) is 26.0. The van der Waals surface area contributed by atoms with Crippen molar-refractivity contribution in [3.8, 4) is 5.75 Å². The number of nitrogens with zero attached hydrogens (tertiary/aromatic N) is 3. The van der Waals surface area contributed by atoms with Crippen LogP contribution in [0.4, 0.5) is 5.69 Å². The average molecular weight is 503 g/mol. The Balaban J connectivity index is 1.26. The molecule has 0 spiro atoms. The third kappa shape index (κ3) is 7.58. The number of hydrogen-bond acceptors (Lipinski definition) is 7. The van der Waals surface area contributed by atoms with Crippen molar-refractivity contribution < 1.29 is 19.1 Å². The third-order valence-electron chi connectivity index (χ3n) is 5.98. The molecule has 3 aromatic rings. The molecular weight excluding hydrogens is 472 g/mol. The molecule has 10 heteroatoms. The number of aromatic nitrogens is 2. The molecule has 1 aliphatic rings. The highest BCUT2D eigenvalue weighted by Crippen LogP contribution is 2.13. The lowest BCUT2D eigenvalue weighted by Crippen LogP contribution is -2.30. The number of benzene rings is 2. The number of methoxy groups -OCH3 is 1. The summed E-state index contributed by atoms with van der Waals surface area (Å²) in [4.78, 5) is 47.4. The fourth-order valence-electron chi connectivity index (χ4n) is 3.98. The molecule has 4 rings (SSSR count). The molecule has 0 atom stereocenters. The van der Waals surface area contributed by atoms with Crippen LogP contribution in [0.15, 0.2) is 60.9 Å². The maximum Gasteiger partial charge on any atom is 0.270 e. The maximum absolute atomic E-state index is 12.6.